The van der Waals surface area contributed by atoms with Gasteiger partial charge >= 0.3 is 12.0 Å². The second-order valence-corrected chi connectivity index (χ2v) is 7.60. The second kappa shape index (κ2) is 10.4. The van der Waals surface area contributed by atoms with Gasteiger partial charge in [-0.2, -0.15) is 0 Å². The van der Waals surface area contributed by atoms with Crippen molar-refractivity contribution in [2.45, 2.75) is 26.3 Å². The third kappa shape index (κ3) is 5.97. The van der Waals surface area contributed by atoms with E-state index >= 15 is 0 Å². The van der Waals surface area contributed by atoms with Gasteiger partial charge in [-0.05, 0) is 37.6 Å². The molecular weight excluding hydrogens is 424 g/mol. The van der Waals surface area contributed by atoms with Crippen LogP contribution in [0.25, 0.3) is 11.3 Å². The van der Waals surface area contributed by atoms with E-state index in [4.69, 9.17) is 4.52 Å². The summed E-state index contributed by atoms with van der Waals surface area (Å²) >= 11 is 0. The number of aryl methyl sites for hydroxylation is 1. The van der Waals surface area contributed by atoms with Gasteiger partial charge in [0.15, 0.2) is 0 Å². The predicted molar refractivity (Wildman–Crippen MR) is 124 cm³/mol. The van der Waals surface area contributed by atoms with E-state index in [-0.39, 0.29) is 24.3 Å². The number of anilines is 2. The average Bonchev–Trinajstić information content (AvgIpc) is 3.30. The Bertz CT molecular complexity index is 1160. The standard InChI is InChI=1S/C24H26N4O5/c1-15-8-5-6-11-19(15)26-24(31)25-18-10-7-9-17(13-18)20-14-21(33-27-20)23(30)28(3)16(2)12-22(29)32-4/h5-11,13-14,16H,12H2,1-4H3,(H2,25,26,31). The summed E-state index contributed by atoms with van der Waals surface area (Å²) in [6.07, 6.45) is 0.0675. The molecule has 0 spiro atoms. The highest BCUT2D eigenvalue weighted by Gasteiger charge is 2.24. The molecule has 1 unspecified atom stereocenters. The van der Waals surface area contributed by atoms with E-state index in [9.17, 15) is 14.4 Å². The first-order valence-electron chi connectivity index (χ1n) is 10.3. The van der Waals surface area contributed by atoms with Gasteiger partial charge in [-0.3, -0.25) is 9.59 Å². The Kier molecular flexibility index (Phi) is 7.45. The zero-order valence-corrected chi connectivity index (χ0v) is 18.9. The number of carbonyl (C=O) groups excluding carboxylic acids is 3. The van der Waals surface area contributed by atoms with Crippen LogP contribution in [0.15, 0.2) is 59.1 Å². The summed E-state index contributed by atoms with van der Waals surface area (Å²) in [4.78, 5) is 37.9. The van der Waals surface area contributed by atoms with Crippen molar-refractivity contribution in [2.24, 2.45) is 0 Å². The van der Waals surface area contributed by atoms with Gasteiger partial charge in [-0.15, -0.1) is 0 Å². The second-order valence-electron chi connectivity index (χ2n) is 7.60. The first kappa shape index (κ1) is 23.5. The summed E-state index contributed by atoms with van der Waals surface area (Å²) in [7, 11) is 2.88. The molecule has 1 heterocycles. The number of nitrogens with one attached hydrogen (secondary N) is 2. The fraction of sp³-hybridized carbons (Fsp3) is 0.250. The lowest BCUT2D eigenvalue weighted by molar-refractivity contribution is -0.141. The predicted octanol–water partition coefficient (Wildman–Crippen LogP) is 4.32. The minimum absolute atomic E-state index is 0.0415. The van der Waals surface area contributed by atoms with Crippen LogP contribution in [0.3, 0.4) is 0 Å². The molecule has 2 N–H and O–H groups in total. The van der Waals surface area contributed by atoms with Crippen LogP contribution in [0.2, 0.25) is 0 Å². The van der Waals surface area contributed by atoms with Gasteiger partial charge in [0, 0.05) is 36.1 Å². The molecule has 9 heteroatoms. The fourth-order valence-electron chi connectivity index (χ4n) is 3.10. The number of ether oxygens (including phenoxy) is 1. The first-order valence-corrected chi connectivity index (χ1v) is 10.3. The number of carbonyl (C=O) groups is 3. The Labute approximate surface area is 191 Å². The summed E-state index contributed by atoms with van der Waals surface area (Å²) in [5.41, 5.74) is 3.33. The van der Waals surface area contributed by atoms with Crippen LogP contribution >= 0.6 is 0 Å². The van der Waals surface area contributed by atoms with Crippen molar-refractivity contribution < 1.29 is 23.6 Å². The normalized spacial score (nSPS) is 11.4. The number of methoxy groups -OCH3 is 1. The van der Waals surface area contributed by atoms with Crippen LogP contribution in [-0.2, 0) is 9.53 Å². The number of benzene rings is 2. The Morgan fingerprint density at radius 2 is 1.85 bits per heavy atom. The molecular formula is C24H26N4O5. The maximum absolute atomic E-state index is 12.7. The van der Waals surface area contributed by atoms with Crippen molar-refractivity contribution in [1.82, 2.24) is 10.1 Å². The number of esters is 1. The molecule has 3 amide bonds. The molecule has 0 aliphatic carbocycles. The molecule has 0 radical (unpaired) electrons. The maximum atomic E-state index is 12.7. The Hall–Kier alpha value is -4.14. The van der Waals surface area contributed by atoms with Gasteiger partial charge in [-0.1, -0.05) is 35.5 Å². The van der Waals surface area contributed by atoms with Crippen molar-refractivity contribution in [3.05, 3.63) is 65.9 Å². The number of hydrogen-bond acceptors (Lipinski definition) is 6. The molecule has 0 aliphatic heterocycles. The van der Waals surface area contributed by atoms with Crippen LogP contribution in [0.5, 0.6) is 0 Å². The molecule has 33 heavy (non-hydrogen) atoms. The number of hydrogen-bond donors (Lipinski definition) is 2. The molecule has 172 valence electrons. The molecule has 0 saturated heterocycles. The van der Waals surface area contributed by atoms with E-state index in [1.165, 1.54) is 18.1 Å². The Morgan fingerprint density at radius 3 is 2.58 bits per heavy atom. The molecule has 0 fully saturated rings. The lowest BCUT2D eigenvalue weighted by Crippen LogP contribution is -2.36. The highest BCUT2D eigenvalue weighted by molar-refractivity contribution is 6.00. The minimum atomic E-state index is -0.406. The highest BCUT2D eigenvalue weighted by Crippen LogP contribution is 2.24. The molecule has 3 aromatic rings. The van der Waals surface area contributed by atoms with Crippen LogP contribution in [0.1, 0.15) is 29.5 Å². The van der Waals surface area contributed by atoms with Crippen molar-refractivity contribution in [3.63, 3.8) is 0 Å². The third-order valence-electron chi connectivity index (χ3n) is 5.20. The van der Waals surface area contributed by atoms with E-state index < -0.39 is 11.9 Å². The van der Waals surface area contributed by atoms with E-state index in [0.29, 0.717) is 16.9 Å². The molecule has 0 bridgehead atoms. The van der Waals surface area contributed by atoms with Crippen molar-refractivity contribution >= 4 is 29.3 Å². The van der Waals surface area contributed by atoms with Crippen molar-refractivity contribution in [3.8, 4) is 11.3 Å². The molecule has 2 aromatic carbocycles. The van der Waals surface area contributed by atoms with Gasteiger partial charge in [0.1, 0.15) is 5.69 Å². The summed E-state index contributed by atoms with van der Waals surface area (Å²) in [5.74, 6) is -0.770. The van der Waals surface area contributed by atoms with Crippen LogP contribution in [0, 0.1) is 6.92 Å². The van der Waals surface area contributed by atoms with Gasteiger partial charge in [-0.25, -0.2) is 4.79 Å². The average molecular weight is 450 g/mol. The number of rotatable bonds is 7. The van der Waals surface area contributed by atoms with Crippen molar-refractivity contribution in [1.29, 1.82) is 0 Å². The first-order chi connectivity index (χ1) is 15.8. The van der Waals surface area contributed by atoms with Gasteiger partial charge < -0.3 is 24.8 Å². The van der Waals surface area contributed by atoms with Gasteiger partial charge in [0.2, 0.25) is 5.76 Å². The maximum Gasteiger partial charge on any atom is 0.323 e. The molecule has 3 rings (SSSR count). The summed E-state index contributed by atoms with van der Waals surface area (Å²) in [6, 6.07) is 15.3. The van der Waals surface area contributed by atoms with Crippen LogP contribution in [-0.4, -0.2) is 48.2 Å². The minimum Gasteiger partial charge on any atom is -0.469 e. The van der Waals surface area contributed by atoms with Gasteiger partial charge in [0.25, 0.3) is 5.91 Å². The van der Waals surface area contributed by atoms with E-state index in [2.05, 4.69) is 20.5 Å². The van der Waals surface area contributed by atoms with E-state index in [1.54, 1.807) is 38.2 Å². The number of amides is 3. The zero-order valence-electron chi connectivity index (χ0n) is 18.9. The van der Waals surface area contributed by atoms with Crippen molar-refractivity contribution in [2.75, 3.05) is 24.8 Å². The molecule has 0 saturated carbocycles. The molecule has 0 aliphatic rings. The number of aromatic nitrogens is 1. The molecule has 1 atom stereocenters. The van der Waals surface area contributed by atoms with E-state index in [0.717, 1.165) is 11.3 Å². The summed E-state index contributed by atoms with van der Waals surface area (Å²) in [5, 5.41) is 9.58. The summed E-state index contributed by atoms with van der Waals surface area (Å²) < 4.78 is 9.89. The highest BCUT2D eigenvalue weighted by atomic mass is 16.5. The van der Waals surface area contributed by atoms with Gasteiger partial charge in [0.05, 0.1) is 13.5 Å². The monoisotopic (exact) mass is 450 g/mol. The van der Waals surface area contributed by atoms with Crippen LogP contribution < -0.4 is 10.6 Å². The largest absolute Gasteiger partial charge is 0.469 e. The number of nitrogens with zero attached hydrogens (tertiary/aromatic N) is 2. The lowest BCUT2D eigenvalue weighted by atomic mass is 10.1. The Morgan fingerprint density at radius 1 is 1.09 bits per heavy atom. The SMILES string of the molecule is COC(=O)CC(C)N(C)C(=O)c1cc(-c2cccc(NC(=O)Nc3ccccc3C)c2)no1. The third-order valence-corrected chi connectivity index (χ3v) is 5.20. The van der Waals surface area contributed by atoms with E-state index in [1.807, 2.05) is 31.2 Å². The molecule has 1 aromatic heterocycles. The quantitative estimate of drug-likeness (QED) is 0.518. The number of para-hydroxylation sites is 1. The molecule has 9 nitrogen and oxygen atoms in total. The number of urea groups is 1. The Balaban J connectivity index is 1.68. The zero-order chi connectivity index (χ0) is 24.0. The smallest absolute Gasteiger partial charge is 0.323 e. The summed E-state index contributed by atoms with van der Waals surface area (Å²) in [6.45, 7) is 3.65. The fourth-order valence-corrected chi connectivity index (χ4v) is 3.10. The lowest BCUT2D eigenvalue weighted by Gasteiger charge is -2.22. The topological polar surface area (TPSA) is 114 Å². The van der Waals surface area contributed by atoms with Crippen LogP contribution in [0.4, 0.5) is 16.2 Å².